The molecule has 0 saturated carbocycles. The maximum atomic E-state index is 13.1. The minimum atomic E-state index is -1.52. The average molecular weight is 599 g/mol. The van der Waals surface area contributed by atoms with Crippen molar-refractivity contribution in [2.24, 2.45) is 22.3 Å². The van der Waals surface area contributed by atoms with E-state index >= 15 is 0 Å². The van der Waals surface area contributed by atoms with E-state index < -0.39 is 82.8 Å². The van der Waals surface area contributed by atoms with E-state index in [1.807, 2.05) is 0 Å². The molecule has 6 atom stereocenters. The fraction of sp³-hybridized carbons (Fsp3) is 0.769. The monoisotopic (exact) mass is 598 g/mol. The van der Waals surface area contributed by atoms with Crippen LogP contribution in [0.5, 0.6) is 0 Å². The Morgan fingerprint density at radius 1 is 0.738 bits per heavy atom. The normalized spacial score (nSPS) is 32.1. The van der Waals surface area contributed by atoms with Gasteiger partial charge in [-0.05, 0) is 41.5 Å². The summed E-state index contributed by atoms with van der Waals surface area (Å²) in [4.78, 5) is 78.4. The predicted molar refractivity (Wildman–Crippen MR) is 138 cm³/mol. The van der Waals surface area contributed by atoms with Crippen LogP contribution in [0.1, 0.15) is 54.4 Å². The third kappa shape index (κ3) is 5.56. The molecule has 0 aromatic heterocycles. The lowest BCUT2D eigenvalue weighted by Crippen LogP contribution is -2.73. The van der Waals surface area contributed by atoms with Crippen molar-refractivity contribution in [1.29, 1.82) is 0 Å². The van der Waals surface area contributed by atoms with Crippen LogP contribution in [0.3, 0.4) is 0 Å². The first-order valence-corrected chi connectivity index (χ1v) is 13.6. The Kier molecular flexibility index (Phi) is 7.86. The molecule has 0 bridgehead atoms. The molecule has 4 aliphatic rings. The molecule has 6 unspecified atom stereocenters. The summed E-state index contributed by atoms with van der Waals surface area (Å²) in [5.41, 5.74) is 7.38. The van der Waals surface area contributed by atoms with Gasteiger partial charge in [-0.3, -0.25) is 19.4 Å². The van der Waals surface area contributed by atoms with Crippen LogP contribution in [0.25, 0.3) is 0 Å². The number of hydrogen-bond acceptors (Lipinski definition) is 14. The number of rotatable bonds is 4. The van der Waals surface area contributed by atoms with Gasteiger partial charge in [0.05, 0.1) is 23.7 Å². The molecule has 2 spiro atoms. The summed E-state index contributed by atoms with van der Waals surface area (Å²) < 4.78 is 32.2. The summed E-state index contributed by atoms with van der Waals surface area (Å²) in [6.07, 6.45) is -6.85. The molecular weight excluding hydrogens is 560 g/mol. The van der Waals surface area contributed by atoms with Gasteiger partial charge in [-0.1, -0.05) is 0 Å². The molecular formula is C26H38N4O12. The number of nitrogens with zero attached hydrogens (tertiary/aromatic N) is 2. The molecule has 4 rings (SSSR count). The van der Waals surface area contributed by atoms with Gasteiger partial charge in [-0.2, -0.15) is 0 Å². The molecule has 4 heterocycles. The van der Waals surface area contributed by atoms with Crippen LogP contribution in [0.2, 0.25) is 0 Å². The average Bonchev–Trinajstić information content (AvgIpc) is 3.38. The first-order chi connectivity index (χ1) is 19.4. The zero-order valence-electron chi connectivity index (χ0n) is 24.5. The predicted octanol–water partition coefficient (Wildman–Crippen LogP) is -0.252. The smallest absolute Gasteiger partial charge is 0.419 e. The molecule has 42 heavy (non-hydrogen) atoms. The fourth-order valence-corrected chi connectivity index (χ4v) is 5.75. The Morgan fingerprint density at radius 2 is 1.07 bits per heavy atom. The molecule has 4 aliphatic heterocycles. The molecule has 0 aromatic carbocycles. The molecule has 16 heteroatoms. The second kappa shape index (κ2) is 10.6. The lowest BCUT2D eigenvalue weighted by atomic mass is 9.71. The van der Waals surface area contributed by atoms with Gasteiger partial charge in [0.25, 0.3) is 0 Å². The third-order valence-electron chi connectivity index (χ3n) is 7.54. The van der Waals surface area contributed by atoms with E-state index in [2.05, 4.69) is 0 Å². The molecule has 0 radical (unpaired) electrons. The van der Waals surface area contributed by atoms with E-state index in [9.17, 15) is 28.8 Å². The lowest BCUT2D eigenvalue weighted by molar-refractivity contribution is -0.241. The second-order valence-corrected chi connectivity index (χ2v) is 13.0. The first kappa shape index (κ1) is 31.3. The van der Waals surface area contributed by atoms with Crippen molar-refractivity contribution in [2.75, 3.05) is 26.2 Å². The lowest BCUT2D eigenvalue weighted by Gasteiger charge is -2.55. The Labute approximate surface area is 242 Å². The minimum absolute atomic E-state index is 0.0850. The second-order valence-electron chi connectivity index (χ2n) is 13.0. The highest BCUT2D eigenvalue weighted by Gasteiger charge is 2.69. The van der Waals surface area contributed by atoms with Crippen molar-refractivity contribution in [1.82, 2.24) is 9.80 Å². The van der Waals surface area contributed by atoms with Gasteiger partial charge in [0, 0.05) is 26.2 Å². The van der Waals surface area contributed by atoms with Crippen LogP contribution in [0.15, 0.2) is 0 Å². The number of carbonyl (C=O) groups excluding carboxylic acids is 6. The zero-order valence-corrected chi connectivity index (χ0v) is 24.5. The topological polar surface area (TPSA) is 216 Å². The molecule has 2 amide bonds. The third-order valence-corrected chi connectivity index (χ3v) is 7.54. The van der Waals surface area contributed by atoms with Crippen molar-refractivity contribution in [3.05, 3.63) is 0 Å². The number of esters is 4. The van der Waals surface area contributed by atoms with Gasteiger partial charge in [0.15, 0.2) is 12.5 Å². The van der Waals surface area contributed by atoms with Crippen molar-refractivity contribution in [3.8, 4) is 0 Å². The van der Waals surface area contributed by atoms with Gasteiger partial charge in [-0.25, -0.2) is 19.2 Å². The highest BCUT2D eigenvalue weighted by Crippen LogP contribution is 2.51. The van der Waals surface area contributed by atoms with E-state index in [1.165, 1.54) is 0 Å². The quantitative estimate of drug-likeness (QED) is 0.242. The van der Waals surface area contributed by atoms with Gasteiger partial charge < -0.3 is 39.9 Å². The maximum Gasteiger partial charge on any atom is 0.419 e. The van der Waals surface area contributed by atoms with Crippen LogP contribution in [0, 0.1) is 10.8 Å². The van der Waals surface area contributed by atoms with Crippen LogP contribution >= 0.6 is 0 Å². The van der Waals surface area contributed by atoms with Crippen LogP contribution < -0.4 is 11.5 Å². The summed E-state index contributed by atoms with van der Waals surface area (Å²) >= 11 is 0. The molecule has 0 aliphatic carbocycles. The largest absolute Gasteiger partial charge is 0.460 e. The Bertz CT molecular complexity index is 1090. The number of carbonyl (C=O) groups is 6. The van der Waals surface area contributed by atoms with E-state index in [0.717, 1.165) is 9.80 Å². The number of likely N-dealkylation sites (tertiary alicyclic amines) is 2. The Hall–Kier alpha value is -3.66. The van der Waals surface area contributed by atoms with Gasteiger partial charge >= 0.3 is 36.1 Å². The minimum Gasteiger partial charge on any atom is -0.460 e. The summed E-state index contributed by atoms with van der Waals surface area (Å²) in [7, 11) is 0. The van der Waals surface area contributed by atoms with Gasteiger partial charge in [-0.15, -0.1) is 0 Å². The molecule has 234 valence electrons. The molecule has 4 N–H and O–H groups in total. The summed E-state index contributed by atoms with van der Waals surface area (Å²) in [6.45, 7) is 9.41. The van der Waals surface area contributed by atoms with Crippen molar-refractivity contribution in [2.45, 2.75) is 90.2 Å². The standard InChI is InChI=1S/C26H38N4O12/c1-23(2,3)41-21(35)29-11-25(7-15(31)37-13(25)9-27)19(29)39-17(33)18(34)40-20-26(8-16(32)38-14(26)10-28)12-30(20)22(36)42-24(4,5)6/h13-14,19-20H,7-12,27-28H2,1-6H3. The zero-order chi connectivity index (χ0) is 31.4. The molecule has 4 fully saturated rings. The number of cyclic esters (lactones) is 2. The first-order valence-electron chi connectivity index (χ1n) is 13.6. The summed E-state index contributed by atoms with van der Waals surface area (Å²) in [5.74, 6) is -4.27. The Balaban J connectivity index is 1.55. The van der Waals surface area contributed by atoms with Crippen molar-refractivity contribution >= 4 is 36.1 Å². The number of hydrogen-bond donors (Lipinski definition) is 2. The summed E-state index contributed by atoms with van der Waals surface area (Å²) in [6, 6.07) is 0. The SMILES string of the molecule is CC(C)(C)OC(=O)N1CC2(CC(=O)OC2CN)C1OC(=O)C(=O)OC1N(C(=O)OC(C)(C)C)CC12CC(=O)OC2CN. The Morgan fingerprint density at radius 3 is 1.36 bits per heavy atom. The number of amides is 2. The van der Waals surface area contributed by atoms with E-state index in [1.54, 1.807) is 41.5 Å². The van der Waals surface area contributed by atoms with Crippen LogP contribution in [-0.2, 0) is 47.6 Å². The molecule has 0 aromatic rings. The maximum absolute atomic E-state index is 13.1. The summed E-state index contributed by atoms with van der Waals surface area (Å²) in [5, 5.41) is 0. The van der Waals surface area contributed by atoms with Gasteiger partial charge in [0.2, 0.25) is 0 Å². The van der Waals surface area contributed by atoms with Crippen LogP contribution in [-0.4, -0.2) is 108 Å². The fourth-order valence-electron chi connectivity index (χ4n) is 5.75. The van der Waals surface area contributed by atoms with E-state index in [4.69, 9.17) is 39.9 Å². The van der Waals surface area contributed by atoms with Crippen molar-refractivity contribution in [3.63, 3.8) is 0 Å². The highest BCUT2D eigenvalue weighted by molar-refractivity contribution is 6.29. The number of nitrogens with two attached hydrogens (primary N) is 2. The van der Waals surface area contributed by atoms with Crippen LogP contribution in [0.4, 0.5) is 9.59 Å². The molecule has 4 saturated heterocycles. The highest BCUT2D eigenvalue weighted by atomic mass is 16.6. The molecule has 16 nitrogen and oxygen atoms in total. The van der Waals surface area contributed by atoms with E-state index in [-0.39, 0.29) is 39.0 Å². The van der Waals surface area contributed by atoms with Crippen molar-refractivity contribution < 1.29 is 57.2 Å². The number of ether oxygens (including phenoxy) is 6. The van der Waals surface area contributed by atoms with Gasteiger partial charge in [0.1, 0.15) is 23.4 Å². The van der Waals surface area contributed by atoms with E-state index in [0.29, 0.717) is 0 Å².